The molecule has 3 aromatic rings. The summed E-state index contributed by atoms with van der Waals surface area (Å²) >= 11 is 0. The van der Waals surface area contributed by atoms with Crippen LogP contribution in [0.4, 0.5) is 0 Å². The lowest BCUT2D eigenvalue weighted by molar-refractivity contribution is 0.796. The zero-order chi connectivity index (χ0) is 11.1. The molecule has 0 saturated heterocycles. The highest BCUT2D eigenvalue weighted by atomic mass is 15.2. The van der Waals surface area contributed by atoms with Crippen LogP contribution < -0.4 is 0 Å². The second-order valence-electron chi connectivity index (χ2n) is 3.67. The van der Waals surface area contributed by atoms with E-state index in [1.54, 1.807) is 23.0 Å². The lowest BCUT2D eigenvalue weighted by Gasteiger charge is -1.99. The highest BCUT2D eigenvalue weighted by molar-refractivity contribution is 6.04. The zero-order valence-corrected chi connectivity index (χ0v) is 8.68. The normalized spacial score (nSPS) is 10.8. The Kier molecular flexibility index (Phi) is 1.68. The van der Waals surface area contributed by atoms with E-state index in [-0.39, 0.29) is 0 Å². The van der Waals surface area contributed by atoms with Gasteiger partial charge in [-0.3, -0.25) is 9.67 Å². The van der Waals surface area contributed by atoms with Crippen molar-refractivity contribution in [2.45, 2.75) is 0 Å². The van der Waals surface area contributed by atoms with Crippen LogP contribution in [0.1, 0.15) is 5.56 Å². The molecular weight excluding hydrogens is 200 g/mol. The summed E-state index contributed by atoms with van der Waals surface area (Å²) in [6, 6.07) is 7.63. The summed E-state index contributed by atoms with van der Waals surface area (Å²) in [7, 11) is 1.89. The molecular formula is C12H8N4. The number of fused-ring (bicyclic) bond motifs is 3. The van der Waals surface area contributed by atoms with Crippen molar-refractivity contribution in [2.75, 3.05) is 0 Å². The van der Waals surface area contributed by atoms with Crippen LogP contribution in [-0.2, 0) is 7.05 Å². The molecule has 2 aromatic heterocycles. The minimum absolute atomic E-state index is 0.628. The molecule has 16 heavy (non-hydrogen) atoms. The number of nitrogens with zero attached hydrogens (tertiary/aromatic N) is 4. The summed E-state index contributed by atoms with van der Waals surface area (Å²) in [5, 5.41) is 15.1. The lowest BCUT2D eigenvalue weighted by Crippen LogP contribution is -1.89. The van der Waals surface area contributed by atoms with Gasteiger partial charge < -0.3 is 0 Å². The highest BCUT2D eigenvalue weighted by Crippen LogP contribution is 2.23. The van der Waals surface area contributed by atoms with Gasteiger partial charge in [-0.2, -0.15) is 10.4 Å². The number of benzene rings is 1. The van der Waals surface area contributed by atoms with Gasteiger partial charge in [-0.1, -0.05) is 6.07 Å². The van der Waals surface area contributed by atoms with Crippen molar-refractivity contribution in [3.63, 3.8) is 0 Å². The molecule has 1 aromatic carbocycles. The molecule has 0 radical (unpaired) electrons. The van der Waals surface area contributed by atoms with E-state index in [0.29, 0.717) is 5.56 Å². The Morgan fingerprint density at radius 2 is 2.12 bits per heavy atom. The van der Waals surface area contributed by atoms with E-state index in [1.165, 1.54) is 0 Å². The molecule has 0 spiro atoms. The molecule has 3 rings (SSSR count). The quantitative estimate of drug-likeness (QED) is 0.567. The Morgan fingerprint density at radius 3 is 2.94 bits per heavy atom. The van der Waals surface area contributed by atoms with Crippen LogP contribution in [0, 0.1) is 11.3 Å². The minimum atomic E-state index is 0.628. The lowest BCUT2D eigenvalue weighted by atomic mass is 10.1. The molecule has 0 N–H and O–H groups in total. The van der Waals surface area contributed by atoms with Gasteiger partial charge in [0.15, 0.2) is 0 Å². The molecule has 2 heterocycles. The van der Waals surface area contributed by atoms with Crippen LogP contribution >= 0.6 is 0 Å². The molecule has 0 bridgehead atoms. The van der Waals surface area contributed by atoms with Gasteiger partial charge in [0.25, 0.3) is 0 Å². The van der Waals surface area contributed by atoms with Gasteiger partial charge in [0.2, 0.25) is 0 Å². The number of hydrogen-bond donors (Lipinski definition) is 0. The third kappa shape index (κ3) is 1.09. The topological polar surface area (TPSA) is 54.5 Å². The number of nitriles is 1. The Bertz CT molecular complexity index is 734. The first-order valence-corrected chi connectivity index (χ1v) is 4.90. The van der Waals surface area contributed by atoms with Crippen LogP contribution in [-0.4, -0.2) is 14.8 Å². The molecule has 0 fully saturated rings. The largest absolute Gasteiger partial charge is 0.266 e. The number of aromatic nitrogens is 3. The Morgan fingerprint density at radius 1 is 1.25 bits per heavy atom. The van der Waals surface area contributed by atoms with E-state index in [1.807, 2.05) is 19.3 Å². The average Bonchev–Trinajstić information content (AvgIpc) is 2.70. The fourth-order valence-electron chi connectivity index (χ4n) is 1.87. The third-order valence-corrected chi connectivity index (χ3v) is 2.73. The first-order chi connectivity index (χ1) is 7.79. The number of hydrogen-bond acceptors (Lipinski definition) is 3. The summed E-state index contributed by atoms with van der Waals surface area (Å²) in [6.45, 7) is 0. The van der Waals surface area contributed by atoms with Gasteiger partial charge in [0.05, 0.1) is 35.1 Å². The summed E-state index contributed by atoms with van der Waals surface area (Å²) in [5.41, 5.74) is 2.46. The molecule has 4 nitrogen and oxygen atoms in total. The van der Waals surface area contributed by atoms with Crippen LogP contribution in [0.5, 0.6) is 0 Å². The molecule has 0 aliphatic heterocycles. The van der Waals surface area contributed by atoms with Crippen molar-refractivity contribution >= 4 is 21.8 Å². The standard InChI is InChI=1S/C12H8N4/c1-16-12-7-14-11-4-8(5-13)2-3-9(11)10(12)6-15-16/h2-4,6-7H,1H3. The Labute approximate surface area is 91.7 Å². The van der Waals surface area contributed by atoms with Gasteiger partial charge in [0.1, 0.15) is 0 Å². The summed E-state index contributed by atoms with van der Waals surface area (Å²) in [6.07, 6.45) is 3.61. The van der Waals surface area contributed by atoms with Crippen molar-refractivity contribution in [1.82, 2.24) is 14.8 Å². The molecule has 0 aliphatic rings. The highest BCUT2D eigenvalue weighted by Gasteiger charge is 2.05. The van der Waals surface area contributed by atoms with E-state index < -0.39 is 0 Å². The van der Waals surface area contributed by atoms with E-state index in [2.05, 4.69) is 16.2 Å². The van der Waals surface area contributed by atoms with E-state index >= 15 is 0 Å². The molecule has 0 unspecified atom stereocenters. The van der Waals surface area contributed by atoms with Crippen LogP contribution in [0.25, 0.3) is 21.8 Å². The van der Waals surface area contributed by atoms with Crippen molar-refractivity contribution < 1.29 is 0 Å². The fraction of sp³-hybridized carbons (Fsp3) is 0.0833. The van der Waals surface area contributed by atoms with Gasteiger partial charge >= 0.3 is 0 Å². The fourth-order valence-corrected chi connectivity index (χ4v) is 1.87. The van der Waals surface area contributed by atoms with E-state index in [0.717, 1.165) is 21.8 Å². The summed E-state index contributed by atoms with van der Waals surface area (Å²) in [5.74, 6) is 0. The van der Waals surface area contributed by atoms with Gasteiger partial charge in [-0.05, 0) is 12.1 Å². The van der Waals surface area contributed by atoms with Crippen molar-refractivity contribution in [3.8, 4) is 6.07 Å². The maximum absolute atomic E-state index is 8.82. The van der Waals surface area contributed by atoms with Crippen molar-refractivity contribution in [1.29, 1.82) is 5.26 Å². The number of rotatable bonds is 0. The minimum Gasteiger partial charge on any atom is -0.266 e. The predicted molar refractivity (Wildman–Crippen MR) is 60.7 cm³/mol. The van der Waals surface area contributed by atoms with Crippen LogP contribution in [0.15, 0.2) is 30.6 Å². The first-order valence-electron chi connectivity index (χ1n) is 4.90. The number of pyridine rings is 1. The van der Waals surface area contributed by atoms with E-state index in [4.69, 9.17) is 5.26 Å². The van der Waals surface area contributed by atoms with E-state index in [9.17, 15) is 0 Å². The summed E-state index contributed by atoms with van der Waals surface area (Å²) < 4.78 is 1.79. The zero-order valence-electron chi connectivity index (χ0n) is 8.68. The second kappa shape index (κ2) is 3.04. The second-order valence-corrected chi connectivity index (χ2v) is 3.67. The third-order valence-electron chi connectivity index (χ3n) is 2.73. The molecule has 0 atom stereocenters. The summed E-state index contributed by atoms with van der Waals surface area (Å²) in [4.78, 5) is 4.34. The Hall–Kier alpha value is -2.41. The monoisotopic (exact) mass is 208 g/mol. The van der Waals surface area contributed by atoms with Crippen LogP contribution in [0.2, 0.25) is 0 Å². The molecule has 0 aliphatic carbocycles. The average molecular weight is 208 g/mol. The van der Waals surface area contributed by atoms with Crippen molar-refractivity contribution in [3.05, 3.63) is 36.2 Å². The first kappa shape index (κ1) is 8.86. The molecule has 0 saturated carbocycles. The van der Waals surface area contributed by atoms with Crippen molar-refractivity contribution in [2.24, 2.45) is 7.05 Å². The predicted octanol–water partition coefficient (Wildman–Crippen LogP) is 1.99. The molecule has 76 valence electrons. The smallest absolute Gasteiger partial charge is 0.0992 e. The maximum atomic E-state index is 8.82. The SMILES string of the molecule is Cn1ncc2c3ccc(C#N)cc3ncc21. The Balaban J connectivity index is 2.49. The maximum Gasteiger partial charge on any atom is 0.0992 e. The molecule has 0 amide bonds. The molecule has 4 heteroatoms. The number of aryl methyl sites for hydroxylation is 1. The van der Waals surface area contributed by atoms with Crippen LogP contribution in [0.3, 0.4) is 0 Å². The van der Waals surface area contributed by atoms with Gasteiger partial charge in [-0.25, -0.2) is 0 Å². The van der Waals surface area contributed by atoms with Gasteiger partial charge in [-0.15, -0.1) is 0 Å². The van der Waals surface area contributed by atoms with Gasteiger partial charge in [0, 0.05) is 17.8 Å².